The predicted molar refractivity (Wildman–Crippen MR) is 56.6 cm³/mol. The molecule has 0 heterocycles. The number of hydrogen-bond acceptors (Lipinski definition) is 3. The molecule has 1 N–H and O–H groups in total. The van der Waals surface area contributed by atoms with E-state index in [4.69, 9.17) is 4.74 Å². The number of carbonyl (C=O) groups excluding carboxylic acids is 2. The summed E-state index contributed by atoms with van der Waals surface area (Å²) in [5, 5.41) is 2.61. The fraction of sp³-hybridized carbons (Fsp3) is 0.818. The van der Waals surface area contributed by atoms with Crippen LogP contribution in [-0.2, 0) is 9.53 Å². The fourth-order valence-electron chi connectivity index (χ4n) is 1.59. The summed E-state index contributed by atoms with van der Waals surface area (Å²) in [6.07, 6.45) is 2.73. The normalized spacial score (nSPS) is 22.3. The first-order valence-corrected chi connectivity index (χ1v) is 5.41. The van der Waals surface area contributed by atoms with E-state index in [1.165, 1.54) is 0 Å². The van der Waals surface area contributed by atoms with E-state index < -0.39 is 11.7 Å². The molecule has 0 saturated heterocycles. The number of ether oxygens (including phenoxy) is 1. The van der Waals surface area contributed by atoms with Gasteiger partial charge in [0.25, 0.3) is 0 Å². The van der Waals surface area contributed by atoms with Crippen molar-refractivity contribution in [1.82, 2.24) is 5.32 Å². The van der Waals surface area contributed by atoms with Crippen molar-refractivity contribution in [1.29, 1.82) is 0 Å². The first-order valence-electron chi connectivity index (χ1n) is 5.41. The zero-order valence-electron chi connectivity index (χ0n) is 9.63. The number of nitrogens with one attached hydrogen (secondary N) is 1. The van der Waals surface area contributed by atoms with Crippen molar-refractivity contribution in [3.05, 3.63) is 0 Å². The largest absolute Gasteiger partial charge is 0.444 e. The molecule has 0 aromatic rings. The van der Waals surface area contributed by atoms with Gasteiger partial charge in [0.2, 0.25) is 0 Å². The van der Waals surface area contributed by atoms with Crippen LogP contribution in [0, 0.1) is 0 Å². The molecule has 1 atom stereocenters. The summed E-state index contributed by atoms with van der Waals surface area (Å²) in [5.41, 5.74) is -0.512. The maximum atomic E-state index is 11.4. The highest BCUT2D eigenvalue weighted by atomic mass is 16.6. The molecule has 0 spiro atoms. The molecule has 1 amide bonds. The Morgan fingerprint density at radius 3 is 2.60 bits per heavy atom. The van der Waals surface area contributed by atoms with Crippen molar-refractivity contribution in [3.8, 4) is 0 Å². The number of Topliss-reactive ketones (excluding diaryl/α,β-unsaturated/α-hetero) is 1. The van der Waals surface area contributed by atoms with Gasteiger partial charge < -0.3 is 10.1 Å². The molecule has 4 heteroatoms. The highest BCUT2D eigenvalue weighted by molar-refractivity contribution is 5.87. The molecule has 1 saturated carbocycles. The monoisotopic (exact) mass is 213 g/mol. The van der Waals surface area contributed by atoms with Gasteiger partial charge in [0, 0.05) is 6.42 Å². The standard InChI is InChI=1S/C11H19NO3/c1-11(2,3)15-10(14)12-8-6-4-5-7-9(8)13/h8H,4-7H2,1-3H3,(H,12,14). The van der Waals surface area contributed by atoms with Crippen molar-refractivity contribution < 1.29 is 14.3 Å². The SMILES string of the molecule is CC(C)(C)OC(=O)NC1CCCCC1=O. The van der Waals surface area contributed by atoms with E-state index in [0.29, 0.717) is 6.42 Å². The van der Waals surface area contributed by atoms with Crippen LogP contribution in [0.1, 0.15) is 46.5 Å². The van der Waals surface area contributed by atoms with E-state index in [0.717, 1.165) is 19.3 Å². The maximum Gasteiger partial charge on any atom is 0.408 e. The number of amides is 1. The van der Waals surface area contributed by atoms with E-state index in [2.05, 4.69) is 5.32 Å². The lowest BCUT2D eigenvalue weighted by molar-refractivity contribution is -0.122. The van der Waals surface area contributed by atoms with Gasteiger partial charge in [-0.2, -0.15) is 0 Å². The van der Waals surface area contributed by atoms with Gasteiger partial charge in [-0.3, -0.25) is 4.79 Å². The summed E-state index contributed by atoms with van der Waals surface area (Å²) in [7, 11) is 0. The molecule has 1 fully saturated rings. The Hall–Kier alpha value is -1.06. The lowest BCUT2D eigenvalue weighted by Crippen LogP contribution is -2.44. The van der Waals surface area contributed by atoms with Crippen molar-refractivity contribution in [3.63, 3.8) is 0 Å². The second kappa shape index (κ2) is 4.64. The van der Waals surface area contributed by atoms with Crippen LogP contribution in [0.15, 0.2) is 0 Å². The van der Waals surface area contributed by atoms with Crippen molar-refractivity contribution in [2.75, 3.05) is 0 Å². The summed E-state index contributed by atoms with van der Waals surface area (Å²) in [6.45, 7) is 5.40. The van der Waals surface area contributed by atoms with E-state index in [1.54, 1.807) is 20.8 Å². The quantitative estimate of drug-likeness (QED) is 0.725. The first kappa shape index (κ1) is 12.0. The first-order chi connectivity index (χ1) is 6.88. The van der Waals surface area contributed by atoms with Crippen molar-refractivity contribution in [2.24, 2.45) is 0 Å². The molecule has 0 aromatic heterocycles. The number of hydrogen-bond donors (Lipinski definition) is 1. The number of rotatable bonds is 1. The zero-order chi connectivity index (χ0) is 11.5. The maximum absolute atomic E-state index is 11.4. The van der Waals surface area contributed by atoms with Gasteiger partial charge >= 0.3 is 6.09 Å². The summed E-state index contributed by atoms with van der Waals surface area (Å²) in [6, 6.07) is -0.339. The number of carbonyl (C=O) groups is 2. The van der Waals surface area contributed by atoms with Crippen LogP contribution >= 0.6 is 0 Å². The Morgan fingerprint density at radius 2 is 2.07 bits per heavy atom. The van der Waals surface area contributed by atoms with Crippen LogP contribution in [-0.4, -0.2) is 23.5 Å². The lowest BCUT2D eigenvalue weighted by Gasteiger charge is -2.24. The molecule has 86 valence electrons. The molecule has 1 unspecified atom stereocenters. The fourth-order valence-corrected chi connectivity index (χ4v) is 1.59. The average molecular weight is 213 g/mol. The van der Waals surface area contributed by atoms with Crippen molar-refractivity contribution >= 4 is 11.9 Å². The summed E-state index contributed by atoms with van der Waals surface area (Å²) >= 11 is 0. The summed E-state index contributed by atoms with van der Waals surface area (Å²) < 4.78 is 5.09. The second-order valence-electron chi connectivity index (χ2n) is 4.91. The van der Waals surface area contributed by atoms with Gasteiger partial charge in [-0.15, -0.1) is 0 Å². The second-order valence-corrected chi connectivity index (χ2v) is 4.91. The van der Waals surface area contributed by atoms with E-state index in [9.17, 15) is 9.59 Å². The Bertz CT molecular complexity index is 255. The third kappa shape index (κ3) is 4.32. The molecule has 4 nitrogen and oxygen atoms in total. The Labute approximate surface area is 90.4 Å². The minimum Gasteiger partial charge on any atom is -0.444 e. The third-order valence-electron chi connectivity index (χ3n) is 2.25. The average Bonchev–Trinajstić information content (AvgIpc) is 2.05. The van der Waals surface area contributed by atoms with Gasteiger partial charge in [0.15, 0.2) is 5.78 Å². The van der Waals surface area contributed by atoms with Gasteiger partial charge in [-0.25, -0.2) is 4.79 Å². The van der Waals surface area contributed by atoms with Gasteiger partial charge in [-0.05, 0) is 33.6 Å². The molecular formula is C11H19NO3. The van der Waals surface area contributed by atoms with Crippen LogP contribution in [0.3, 0.4) is 0 Å². The molecule has 0 bridgehead atoms. The Kier molecular flexibility index (Phi) is 3.72. The van der Waals surface area contributed by atoms with Crippen LogP contribution < -0.4 is 5.32 Å². The van der Waals surface area contributed by atoms with E-state index in [-0.39, 0.29) is 11.8 Å². The molecular weight excluding hydrogens is 194 g/mol. The highest BCUT2D eigenvalue weighted by Crippen LogP contribution is 2.15. The molecule has 0 radical (unpaired) electrons. The number of ketones is 1. The molecule has 1 rings (SSSR count). The number of alkyl carbamates (subject to hydrolysis) is 1. The smallest absolute Gasteiger partial charge is 0.408 e. The van der Waals surface area contributed by atoms with Gasteiger partial charge in [0.05, 0.1) is 6.04 Å². The molecule has 0 aromatic carbocycles. The van der Waals surface area contributed by atoms with Crippen LogP contribution in [0.2, 0.25) is 0 Å². The minimum atomic E-state index is -0.512. The molecule has 1 aliphatic rings. The summed E-state index contributed by atoms with van der Waals surface area (Å²) in [4.78, 5) is 22.8. The highest BCUT2D eigenvalue weighted by Gasteiger charge is 2.25. The van der Waals surface area contributed by atoms with E-state index in [1.807, 2.05) is 0 Å². The van der Waals surface area contributed by atoms with Crippen LogP contribution in [0.25, 0.3) is 0 Å². The van der Waals surface area contributed by atoms with Gasteiger partial charge in [0.1, 0.15) is 5.60 Å². The lowest BCUT2D eigenvalue weighted by atomic mass is 9.94. The van der Waals surface area contributed by atoms with Crippen molar-refractivity contribution in [2.45, 2.75) is 58.1 Å². The van der Waals surface area contributed by atoms with Gasteiger partial charge in [-0.1, -0.05) is 6.42 Å². The van der Waals surface area contributed by atoms with Crippen LogP contribution in [0.5, 0.6) is 0 Å². The molecule has 0 aliphatic heterocycles. The molecule has 15 heavy (non-hydrogen) atoms. The van der Waals surface area contributed by atoms with E-state index >= 15 is 0 Å². The minimum absolute atomic E-state index is 0.118. The molecule has 1 aliphatic carbocycles. The zero-order valence-corrected chi connectivity index (χ0v) is 9.63. The Balaban J connectivity index is 2.40. The summed E-state index contributed by atoms with van der Waals surface area (Å²) in [5.74, 6) is 0.118. The Morgan fingerprint density at radius 1 is 1.40 bits per heavy atom. The topological polar surface area (TPSA) is 55.4 Å². The third-order valence-corrected chi connectivity index (χ3v) is 2.25. The predicted octanol–water partition coefficient (Wildman–Crippen LogP) is 2.02. The van der Waals surface area contributed by atoms with Crippen LogP contribution in [0.4, 0.5) is 4.79 Å².